The average Bonchev–Trinajstić information content (AvgIpc) is 2.79. The van der Waals surface area contributed by atoms with E-state index in [1.807, 2.05) is 54.6 Å². The lowest BCUT2D eigenvalue weighted by atomic mass is 10.1. The molecule has 0 fully saturated rings. The van der Waals surface area contributed by atoms with Gasteiger partial charge in [-0.3, -0.25) is 14.9 Å². The summed E-state index contributed by atoms with van der Waals surface area (Å²) >= 11 is 7.46. The van der Waals surface area contributed by atoms with E-state index in [0.717, 1.165) is 16.5 Å². The van der Waals surface area contributed by atoms with Gasteiger partial charge in [0.05, 0.1) is 21.2 Å². The smallest absolute Gasteiger partial charge is 0.271 e. The van der Waals surface area contributed by atoms with Crippen LogP contribution in [0.2, 0.25) is 5.02 Å². The summed E-state index contributed by atoms with van der Waals surface area (Å²) < 4.78 is 0. The van der Waals surface area contributed by atoms with Gasteiger partial charge in [-0.05, 0) is 17.7 Å². The van der Waals surface area contributed by atoms with E-state index >= 15 is 0 Å². The molecular formula is C22H15ClN4O3S. The molecule has 0 saturated carbocycles. The Morgan fingerprint density at radius 3 is 2.52 bits per heavy atom. The minimum absolute atomic E-state index is 0.0897. The molecule has 154 valence electrons. The van der Waals surface area contributed by atoms with Gasteiger partial charge >= 0.3 is 0 Å². The lowest BCUT2D eigenvalue weighted by Gasteiger charge is -2.18. The number of nitrogens with one attached hydrogen (secondary N) is 1. The van der Waals surface area contributed by atoms with Crippen LogP contribution in [-0.2, 0) is 4.79 Å². The van der Waals surface area contributed by atoms with Crippen LogP contribution in [0.4, 0.5) is 11.4 Å². The number of fused-ring (bicyclic) bond motifs is 1. The molecule has 0 aliphatic heterocycles. The molecule has 4 rings (SSSR count). The first-order valence-corrected chi connectivity index (χ1v) is 10.4. The quantitative estimate of drug-likeness (QED) is 0.176. The van der Waals surface area contributed by atoms with Crippen molar-refractivity contribution in [2.45, 2.75) is 10.3 Å². The number of nitrogens with zero attached hydrogens (tertiary/aromatic N) is 3. The molecule has 0 saturated heterocycles. The second-order valence-corrected chi connectivity index (χ2v) is 8.02. The van der Waals surface area contributed by atoms with Crippen LogP contribution in [0.25, 0.3) is 10.9 Å². The molecule has 31 heavy (non-hydrogen) atoms. The topological polar surface area (TPSA) is 98.0 Å². The van der Waals surface area contributed by atoms with E-state index < -0.39 is 10.2 Å². The summed E-state index contributed by atoms with van der Waals surface area (Å²) in [5, 5.41) is 14.7. The normalized spacial score (nSPS) is 11.8. The highest BCUT2D eigenvalue weighted by Gasteiger charge is 2.25. The molecule has 7 nitrogen and oxygen atoms in total. The molecule has 9 heteroatoms. The predicted octanol–water partition coefficient (Wildman–Crippen LogP) is 5.66. The van der Waals surface area contributed by atoms with Crippen LogP contribution in [0, 0.1) is 10.1 Å². The number of hydrogen-bond acceptors (Lipinski definition) is 6. The van der Waals surface area contributed by atoms with Gasteiger partial charge in [-0.25, -0.2) is 9.97 Å². The fourth-order valence-electron chi connectivity index (χ4n) is 3.00. The fraction of sp³-hybridized carbons (Fsp3) is 0.0455. The van der Waals surface area contributed by atoms with Gasteiger partial charge in [0.15, 0.2) is 0 Å². The van der Waals surface area contributed by atoms with Crippen molar-refractivity contribution in [3.8, 4) is 0 Å². The number of non-ortho nitro benzene ring substituents is 1. The van der Waals surface area contributed by atoms with Crippen LogP contribution in [0.1, 0.15) is 10.8 Å². The van der Waals surface area contributed by atoms with E-state index in [0.29, 0.717) is 10.7 Å². The highest BCUT2D eigenvalue weighted by atomic mass is 35.5. The zero-order valence-corrected chi connectivity index (χ0v) is 17.5. The van der Waals surface area contributed by atoms with E-state index in [1.54, 1.807) is 0 Å². The third-order valence-corrected chi connectivity index (χ3v) is 6.08. The van der Waals surface area contributed by atoms with Crippen molar-refractivity contribution in [3.05, 3.63) is 99.8 Å². The number of carbonyl (C=O) groups excluding carboxylic acids is 1. The Bertz CT molecular complexity index is 1260. The average molecular weight is 451 g/mol. The summed E-state index contributed by atoms with van der Waals surface area (Å²) in [6, 6.07) is 20.8. The van der Waals surface area contributed by atoms with Crippen LogP contribution < -0.4 is 5.32 Å². The molecule has 0 bridgehead atoms. The van der Waals surface area contributed by atoms with Gasteiger partial charge < -0.3 is 5.32 Å². The molecule has 1 unspecified atom stereocenters. The molecule has 3 aromatic carbocycles. The number of amides is 1. The van der Waals surface area contributed by atoms with Gasteiger partial charge in [-0.15, -0.1) is 0 Å². The van der Waals surface area contributed by atoms with Crippen molar-refractivity contribution < 1.29 is 9.72 Å². The van der Waals surface area contributed by atoms with Gasteiger partial charge in [0.2, 0.25) is 5.91 Å². The van der Waals surface area contributed by atoms with Crippen molar-refractivity contribution in [1.29, 1.82) is 0 Å². The molecule has 1 aromatic heterocycles. The Labute approximate surface area is 186 Å². The van der Waals surface area contributed by atoms with E-state index in [9.17, 15) is 14.9 Å². The lowest BCUT2D eigenvalue weighted by molar-refractivity contribution is -0.384. The second kappa shape index (κ2) is 9.11. The van der Waals surface area contributed by atoms with Gasteiger partial charge in [0.1, 0.15) is 16.6 Å². The summed E-state index contributed by atoms with van der Waals surface area (Å²) in [5.74, 6) is -0.324. The maximum absolute atomic E-state index is 13.3. The van der Waals surface area contributed by atoms with Crippen molar-refractivity contribution in [3.63, 3.8) is 0 Å². The lowest BCUT2D eigenvalue weighted by Crippen LogP contribution is -2.19. The number of benzene rings is 3. The number of thioether (sulfide) groups is 1. The van der Waals surface area contributed by atoms with Crippen molar-refractivity contribution in [2.24, 2.45) is 0 Å². The molecule has 1 amide bonds. The van der Waals surface area contributed by atoms with Crippen LogP contribution in [0.3, 0.4) is 0 Å². The van der Waals surface area contributed by atoms with E-state index in [4.69, 9.17) is 11.6 Å². The highest BCUT2D eigenvalue weighted by Crippen LogP contribution is 2.38. The summed E-state index contributed by atoms with van der Waals surface area (Å²) in [4.78, 5) is 32.3. The number of nitro groups is 1. The van der Waals surface area contributed by atoms with Gasteiger partial charge in [0.25, 0.3) is 5.69 Å². The third kappa shape index (κ3) is 4.65. The standard InChI is InChI=1S/C22H15ClN4O3S/c23-17-12-15(27(29)30)10-11-19(17)26-21(28)20(14-6-2-1-3-7-14)31-22-16-8-4-5-9-18(16)24-13-25-22/h1-13,20H,(H,26,28). The number of aromatic nitrogens is 2. The molecule has 1 heterocycles. The first kappa shape index (κ1) is 20.8. The Hall–Kier alpha value is -3.49. The number of anilines is 1. The largest absolute Gasteiger partial charge is 0.323 e. The van der Waals surface area contributed by atoms with Gasteiger partial charge in [-0.2, -0.15) is 0 Å². The minimum atomic E-state index is -0.634. The summed E-state index contributed by atoms with van der Waals surface area (Å²) in [6.07, 6.45) is 1.47. The second-order valence-electron chi connectivity index (χ2n) is 6.52. The van der Waals surface area contributed by atoms with Gasteiger partial charge in [-0.1, -0.05) is 71.9 Å². The predicted molar refractivity (Wildman–Crippen MR) is 121 cm³/mol. The molecular weight excluding hydrogens is 436 g/mol. The first-order chi connectivity index (χ1) is 15.0. The monoisotopic (exact) mass is 450 g/mol. The maximum Gasteiger partial charge on any atom is 0.271 e. The van der Waals surface area contributed by atoms with Gasteiger partial charge in [0, 0.05) is 17.5 Å². The number of rotatable bonds is 6. The Kier molecular flexibility index (Phi) is 6.11. The number of carbonyl (C=O) groups is 1. The number of nitro benzene ring substituents is 1. The summed E-state index contributed by atoms with van der Waals surface area (Å²) in [7, 11) is 0. The fourth-order valence-corrected chi connectivity index (χ4v) is 4.32. The van der Waals surface area contributed by atoms with Crippen molar-refractivity contribution in [1.82, 2.24) is 9.97 Å². The maximum atomic E-state index is 13.3. The Morgan fingerprint density at radius 1 is 1.03 bits per heavy atom. The third-order valence-electron chi connectivity index (χ3n) is 4.50. The zero-order chi connectivity index (χ0) is 21.8. The first-order valence-electron chi connectivity index (χ1n) is 9.19. The van der Waals surface area contributed by atoms with E-state index in [2.05, 4.69) is 15.3 Å². The number of para-hydroxylation sites is 1. The summed E-state index contributed by atoms with van der Waals surface area (Å²) in [5.41, 5.74) is 1.71. The number of hydrogen-bond donors (Lipinski definition) is 1. The molecule has 4 aromatic rings. The zero-order valence-electron chi connectivity index (χ0n) is 15.9. The number of halogens is 1. The molecule has 0 spiro atoms. The van der Waals surface area contributed by atoms with E-state index in [-0.39, 0.29) is 16.6 Å². The molecule has 0 radical (unpaired) electrons. The van der Waals surface area contributed by atoms with Crippen LogP contribution in [0.15, 0.2) is 84.1 Å². The molecule has 0 aliphatic carbocycles. The summed E-state index contributed by atoms with van der Waals surface area (Å²) in [6.45, 7) is 0. The van der Waals surface area contributed by atoms with Crippen molar-refractivity contribution in [2.75, 3.05) is 5.32 Å². The van der Waals surface area contributed by atoms with Crippen molar-refractivity contribution >= 4 is 51.5 Å². The van der Waals surface area contributed by atoms with E-state index in [1.165, 1.54) is 36.3 Å². The minimum Gasteiger partial charge on any atom is -0.323 e. The highest BCUT2D eigenvalue weighted by molar-refractivity contribution is 8.00. The Balaban J connectivity index is 1.67. The Morgan fingerprint density at radius 2 is 1.77 bits per heavy atom. The van der Waals surface area contributed by atoms with Crippen LogP contribution in [0.5, 0.6) is 0 Å². The molecule has 0 aliphatic rings. The van der Waals surface area contributed by atoms with Crippen LogP contribution >= 0.6 is 23.4 Å². The molecule has 1 N–H and O–H groups in total. The van der Waals surface area contributed by atoms with Crippen LogP contribution in [-0.4, -0.2) is 20.8 Å². The molecule has 1 atom stereocenters. The SMILES string of the molecule is O=C(Nc1ccc([N+](=O)[O-])cc1Cl)C(Sc1ncnc2ccccc12)c1ccccc1.